The van der Waals surface area contributed by atoms with Crippen molar-refractivity contribution in [3.05, 3.63) is 42.5 Å². The van der Waals surface area contributed by atoms with Gasteiger partial charge in [0.25, 0.3) is 0 Å². The molecule has 2 amide bonds. The van der Waals surface area contributed by atoms with Crippen LogP contribution in [0.3, 0.4) is 0 Å². The van der Waals surface area contributed by atoms with E-state index in [0.29, 0.717) is 12.2 Å². The maximum atomic E-state index is 12.7. The average Bonchev–Trinajstić information content (AvgIpc) is 2.67. The van der Waals surface area contributed by atoms with Crippen LogP contribution in [0.4, 0.5) is 0 Å². The van der Waals surface area contributed by atoms with Gasteiger partial charge in [-0.15, -0.1) is 6.58 Å². The number of nitrogens with two attached hydrogens (primary N) is 1. The van der Waals surface area contributed by atoms with E-state index in [0.717, 1.165) is 5.56 Å². The van der Waals surface area contributed by atoms with Gasteiger partial charge in [0.1, 0.15) is 11.8 Å². The van der Waals surface area contributed by atoms with Gasteiger partial charge in [0.15, 0.2) is 0 Å². The van der Waals surface area contributed by atoms with Crippen LogP contribution in [0, 0.1) is 5.92 Å². The van der Waals surface area contributed by atoms with Crippen molar-refractivity contribution in [2.24, 2.45) is 11.7 Å². The van der Waals surface area contributed by atoms with Gasteiger partial charge in [-0.25, -0.2) is 0 Å². The number of carboxylic acid groups (broad SMARTS) is 1. The van der Waals surface area contributed by atoms with E-state index in [1.54, 1.807) is 19.2 Å². The molecule has 1 aromatic carbocycles. The highest BCUT2D eigenvalue weighted by molar-refractivity contribution is 5.88. The normalized spacial score (nSPS) is 12.6. The number of carboxylic acids is 1. The lowest BCUT2D eigenvalue weighted by Crippen LogP contribution is -2.49. The van der Waals surface area contributed by atoms with Crippen molar-refractivity contribution in [1.82, 2.24) is 4.90 Å². The summed E-state index contributed by atoms with van der Waals surface area (Å²) >= 11 is 0. The first kappa shape index (κ1) is 23.2. The van der Waals surface area contributed by atoms with Crippen molar-refractivity contribution >= 4 is 17.8 Å². The Balaban J connectivity index is 2.70. The molecule has 0 saturated heterocycles. The summed E-state index contributed by atoms with van der Waals surface area (Å²) in [6.07, 6.45) is 2.06. The second-order valence-corrected chi connectivity index (χ2v) is 6.33. The molecule has 1 aromatic rings. The summed E-state index contributed by atoms with van der Waals surface area (Å²) in [6.45, 7) is 3.92. The molecule has 0 fully saturated rings. The van der Waals surface area contributed by atoms with E-state index in [4.69, 9.17) is 20.3 Å². The van der Waals surface area contributed by atoms with Crippen LogP contribution in [0.15, 0.2) is 36.9 Å². The third kappa shape index (κ3) is 7.40. The Labute approximate surface area is 164 Å². The van der Waals surface area contributed by atoms with Crippen LogP contribution < -0.4 is 10.5 Å². The molecule has 0 saturated carbocycles. The largest absolute Gasteiger partial charge is 0.497 e. The van der Waals surface area contributed by atoms with E-state index in [1.807, 2.05) is 12.1 Å². The number of primary amides is 1. The van der Waals surface area contributed by atoms with Gasteiger partial charge in [0, 0.05) is 26.5 Å². The Morgan fingerprint density at radius 2 is 1.93 bits per heavy atom. The zero-order valence-electron chi connectivity index (χ0n) is 16.3. The van der Waals surface area contributed by atoms with Gasteiger partial charge in [0.2, 0.25) is 11.8 Å². The molecule has 1 rings (SSSR count). The van der Waals surface area contributed by atoms with E-state index >= 15 is 0 Å². The lowest BCUT2D eigenvalue weighted by Gasteiger charge is -2.28. The number of hydrogen-bond acceptors (Lipinski definition) is 5. The number of aliphatic carboxylic acids is 1. The predicted octanol–water partition coefficient (Wildman–Crippen LogP) is 1.23. The quantitative estimate of drug-likeness (QED) is 0.385. The molecule has 3 N–H and O–H groups in total. The number of rotatable bonds is 13. The van der Waals surface area contributed by atoms with Crippen molar-refractivity contribution in [3.8, 4) is 5.75 Å². The smallest absolute Gasteiger partial charge is 0.303 e. The molecule has 28 heavy (non-hydrogen) atoms. The number of amides is 2. The number of carbonyl (C=O) groups excluding carboxylic acids is 2. The van der Waals surface area contributed by atoms with Gasteiger partial charge >= 0.3 is 5.97 Å². The molecule has 0 aliphatic rings. The summed E-state index contributed by atoms with van der Waals surface area (Å²) in [7, 11) is 3.08. The monoisotopic (exact) mass is 392 g/mol. The van der Waals surface area contributed by atoms with Crippen LogP contribution in [0.25, 0.3) is 0 Å². The van der Waals surface area contributed by atoms with Gasteiger partial charge < -0.3 is 25.2 Å². The van der Waals surface area contributed by atoms with Crippen LogP contribution in [0.5, 0.6) is 5.75 Å². The molecule has 1 unspecified atom stereocenters. The van der Waals surface area contributed by atoms with Crippen LogP contribution in [-0.2, 0) is 25.5 Å². The number of nitrogens with zero attached hydrogens (tertiary/aromatic N) is 1. The van der Waals surface area contributed by atoms with Crippen LogP contribution >= 0.6 is 0 Å². The maximum absolute atomic E-state index is 12.7. The highest BCUT2D eigenvalue weighted by Gasteiger charge is 2.29. The van der Waals surface area contributed by atoms with Crippen molar-refractivity contribution in [2.75, 3.05) is 27.4 Å². The number of ether oxygens (including phenoxy) is 2. The van der Waals surface area contributed by atoms with E-state index in [2.05, 4.69) is 6.58 Å². The Bertz CT molecular complexity index is 674. The minimum atomic E-state index is -0.900. The topological polar surface area (TPSA) is 119 Å². The minimum Gasteiger partial charge on any atom is -0.497 e. The molecule has 0 aliphatic carbocycles. The number of methoxy groups -OCH3 is 1. The number of hydrogen-bond donors (Lipinski definition) is 2. The lowest BCUT2D eigenvalue weighted by molar-refractivity contribution is -0.141. The third-order valence-corrected chi connectivity index (χ3v) is 4.31. The van der Waals surface area contributed by atoms with Crippen LogP contribution in [0.2, 0.25) is 0 Å². The molecule has 8 nitrogen and oxygen atoms in total. The summed E-state index contributed by atoms with van der Waals surface area (Å²) in [5, 5.41) is 8.61. The number of benzene rings is 1. The van der Waals surface area contributed by atoms with E-state index < -0.39 is 23.8 Å². The molecule has 8 heteroatoms. The summed E-state index contributed by atoms with van der Waals surface area (Å²) in [6, 6.07) is 6.34. The zero-order valence-corrected chi connectivity index (χ0v) is 16.3. The van der Waals surface area contributed by atoms with E-state index in [1.165, 1.54) is 18.0 Å². The minimum absolute atomic E-state index is 0.00177. The second kappa shape index (κ2) is 11.8. The van der Waals surface area contributed by atoms with Gasteiger partial charge in [-0.3, -0.25) is 14.4 Å². The van der Waals surface area contributed by atoms with E-state index in [9.17, 15) is 14.4 Å². The Morgan fingerprint density at radius 3 is 2.43 bits per heavy atom. The summed E-state index contributed by atoms with van der Waals surface area (Å²) in [4.78, 5) is 36.5. The van der Waals surface area contributed by atoms with E-state index in [-0.39, 0.29) is 32.0 Å². The van der Waals surface area contributed by atoms with Crippen molar-refractivity contribution in [1.29, 1.82) is 0 Å². The zero-order chi connectivity index (χ0) is 21.1. The van der Waals surface area contributed by atoms with Gasteiger partial charge in [-0.2, -0.15) is 0 Å². The molecular weight excluding hydrogens is 364 g/mol. The van der Waals surface area contributed by atoms with Crippen molar-refractivity contribution in [3.63, 3.8) is 0 Å². The fourth-order valence-electron chi connectivity index (χ4n) is 2.60. The van der Waals surface area contributed by atoms with Crippen molar-refractivity contribution in [2.45, 2.75) is 25.3 Å². The van der Waals surface area contributed by atoms with Gasteiger partial charge in [0.05, 0.1) is 19.6 Å². The SMILES string of the molecule is C=CC(COCCCC(=O)O)C(=O)N(C)[C@@H](Cc1ccc(OC)cc1)C(N)=O. The molecule has 0 aliphatic heterocycles. The molecule has 0 bridgehead atoms. The Kier molecular flexibility index (Phi) is 9.73. The maximum Gasteiger partial charge on any atom is 0.303 e. The molecule has 0 aromatic heterocycles. The molecule has 0 heterocycles. The van der Waals surface area contributed by atoms with Crippen LogP contribution in [-0.4, -0.2) is 61.2 Å². The first-order valence-corrected chi connectivity index (χ1v) is 8.91. The van der Waals surface area contributed by atoms with Crippen molar-refractivity contribution < 1.29 is 29.0 Å². The molecule has 0 radical (unpaired) electrons. The first-order valence-electron chi connectivity index (χ1n) is 8.91. The highest BCUT2D eigenvalue weighted by atomic mass is 16.5. The average molecular weight is 392 g/mol. The third-order valence-electron chi connectivity index (χ3n) is 4.31. The highest BCUT2D eigenvalue weighted by Crippen LogP contribution is 2.16. The van der Waals surface area contributed by atoms with Gasteiger partial charge in [-0.05, 0) is 24.1 Å². The lowest BCUT2D eigenvalue weighted by atomic mass is 10.0. The Morgan fingerprint density at radius 1 is 1.29 bits per heavy atom. The molecule has 154 valence electrons. The Hall–Kier alpha value is -2.87. The molecule has 2 atom stereocenters. The predicted molar refractivity (Wildman–Crippen MR) is 104 cm³/mol. The summed E-state index contributed by atoms with van der Waals surface area (Å²) in [5.74, 6) is -1.83. The van der Waals surface area contributed by atoms with Crippen LogP contribution in [0.1, 0.15) is 18.4 Å². The first-order chi connectivity index (χ1) is 13.3. The van der Waals surface area contributed by atoms with Gasteiger partial charge in [-0.1, -0.05) is 18.2 Å². The number of likely N-dealkylation sites (N-methyl/N-ethyl adjacent to an activating group) is 1. The standard InChI is InChI=1S/C20H28N2O6/c1-4-15(13-28-11-5-6-18(23)24)20(26)22(2)17(19(21)25)12-14-7-9-16(27-3)10-8-14/h4,7-10,15,17H,1,5-6,11-13H2,2-3H3,(H2,21,25)(H,23,24)/t15?,17-/m0/s1. The summed E-state index contributed by atoms with van der Waals surface area (Å²) in [5.41, 5.74) is 6.36. The molecular formula is C20H28N2O6. The fraction of sp³-hybridized carbons (Fsp3) is 0.450. The number of carbonyl (C=O) groups is 3. The summed E-state index contributed by atoms with van der Waals surface area (Å²) < 4.78 is 10.5. The molecule has 0 spiro atoms. The second-order valence-electron chi connectivity index (χ2n) is 6.33. The fourth-order valence-corrected chi connectivity index (χ4v) is 2.60.